The van der Waals surface area contributed by atoms with Gasteiger partial charge in [0.2, 0.25) is 0 Å². The molecular weight excluding hydrogens is 472 g/mol. The molecule has 1 aromatic heterocycles. The zero-order valence-electron chi connectivity index (χ0n) is 21.9. The molecule has 0 aliphatic carbocycles. The van der Waals surface area contributed by atoms with Gasteiger partial charge in [0.15, 0.2) is 12.4 Å². The lowest BCUT2D eigenvalue weighted by molar-refractivity contribution is -0.124. The van der Waals surface area contributed by atoms with Crippen LogP contribution in [0.25, 0.3) is 22.3 Å². The van der Waals surface area contributed by atoms with Crippen molar-refractivity contribution < 1.29 is 19.0 Å². The molecule has 0 spiro atoms. The molecule has 1 heterocycles. The first-order valence-electron chi connectivity index (χ1n) is 11.8. The molecule has 0 saturated carbocycles. The van der Waals surface area contributed by atoms with Gasteiger partial charge in [-0.15, -0.1) is 0 Å². The highest BCUT2D eigenvalue weighted by Gasteiger charge is 2.15. The van der Waals surface area contributed by atoms with Gasteiger partial charge in [-0.3, -0.25) is 9.79 Å². The van der Waals surface area contributed by atoms with Crippen molar-refractivity contribution in [2.45, 2.75) is 26.3 Å². The minimum absolute atomic E-state index is 0.0983. The summed E-state index contributed by atoms with van der Waals surface area (Å²) in [6.07, 6.45) is 3.01. The second kappa shape index (κ2) is 12.7. The molecular formula is C27H34N6O4. The van der Waals surface area contributed by atoms with Gasteiger partial charge in [0.05, 0.1) is 17.8 Å². The van der Waals surface area contributed by atoms with E-state index in [1.807, 2.05) is 51.1 Å². The molecule has 2 aromatic carbocycles. The van der Waals surface area contributed by atoms with Crippen molar-refractivity contribution in [3.8, 4) is 22.9 Å². The molecule has 0 unspecified atom stereocenters. The van der Waals surface area contributed by atoms with Crippen LogP contribution in [0.5, 0.6) is 11.5 Å². The van der Waals surface area contributed by atoms with Crippen molar-refractivity contribution >= 4 is 28.8 Å². The SMILES string of the molecule is CN=CC(=CN)Nc1nc(-c2cccc(OCC(=O)NC(C)(C)C)c2)nc2ccc(OCCOC)cc12. The van der Waals surface area contributed by atoms with Crippen LogP contribution < -0.4 is 25.8 Å². The highest BCUT2D eigenvalue weighted by Crippen LogP contribution is 2.30. The third-order valence-corrected chi connectivity index (χ3v) is 4.91. The Bertz CT molecular complexity index is 1280. The Balaban J connectivity index is 1.95. The van der Waals surface area contributed by atoms with Crippen molar-refractivity contribution in [2.24, 2.45) is 10.7 Å². The predicted molar refractivity (Wildman–Crippen MR) is 146 cm³/mol. The summed E-state index contributed by atoms with van der Waals surface area (Å²) < 4.78 is 16.6. The number of carbonyl (C=O) groups is 1. The first kappa shape index (κ1) is 27.4. The molecule has 37 heavy (non-hydrogen) atoms. The highest BCUT2D eigenvalue weighted by molar-refractivity contribution is 5.95. The van der Waals surface area contributed by atoms with E-state index < -0.39 is 0 Å². The lowest BCUT2D eigenvalue weighted by atomic mass is 10.1. The standard InChI is InChI=1S/C27H34N6O4/c1-27(2,3)33-24(34)17-37-20-8-6-7-18(13-20)25-31-23-10-9-21(36-12-11-35-5)14-22(23)26(32-25)30-19(15-28)16-29-4/h6-10,13-16H,11-12,17,28H2,1-5H3,(H,33,34)(H,30,31,32). The first-order chi connectivity index (χ1) is 17.7. The molecule has 1 amide bonds. The number of aromatic nitrogens is 2. The number of nitrogens with two attached hydrogens (primary N) is 1. The van der Waals surface area contributed by atoms with Crippen LogP contribution in [-0.2, 0) is 9.53 Å². The fourth-order valence-corrected chi connectivity index (χ4v) is 3.39. The van der Waals surface area contributed by atoms with E-state index in [0.29, 0.717) is 47.6 Å². The number of fused-ring (bicyclic) bond motifs is 1. The Labute approximate surface area is 217 Å². The summed E-state index contributed by atoms with van der Waals surface area (Å²) >= 11 is 0. The summed E-state index contributed by atoms with van der Waals surface area (Å²) in [4.78, 5) is 25.7. The Morgan fingerprint density at radius 3 is 2.57 bits per heavy atom. The molecule has 10 nitrogen and oxygen atoms in total. The minimum Gasteiger partial charge on any atom is -0.491 e. The zero-order valence-corrected chi connectivity index (χ0v) is 21.9. The predicted octanol–water partition coefficient (Wildman–Crippen LogP) is 3.53. The van der Waals surface area contributed by atoms with Crippen LogP contribution in [0.2, 0.25) is 0 Å². The third-order valence-electron chi connectivity index (χ3n) is 4.91. The van der Waals surface area contributed by atoms with Crippen LogP contribution in [-0.4, -0.2) is 61.6 Å². The van der Waals surface area contributed by atoms with Gasteiger partial charge in [0.25, 0.3) is 5.91 Å². The second-order valence-corrected chi connectivity index (χ2v) is 9.17. The van der Waals surface area contributed by atoms with Gasteiger partial charge in [-0.1, -0.05) is 12.1 Å². The van der Waals surface area contributed by atoms with Gasteiger partial charge < -0.3 is 30.6 Å². The number of benzene rings is 2. The van der Waals surface area contributed by atoms with Crippen molar-refractivity contribution in [3.05, 3.63) is 54.4 Å². The quantitative estimate of drug-likeness (QED) is 0.266. The normalized spacial score (nSPS) is 12.1. The first-order valence-corrected chi connectivity index (χ1v) is 11.8. The number of aliphatic imine (C=N–C) groups is 1. The second-order valence-electron chi connectivity index (χ2n) is 9.17. The topological polar surface area (TPSA) is 133 Å². The molecule has 10 heteroatoms. The van der Waals surface area contributed by atoms with Crippen molar-refractivity contribution in [1.29, 1.82) is 0 Å². The Morgan fingerprint density at radius 2 is 1.86 bits per heavy atom. The van der Waals surface area contributed by atoms with Crippen LogP contribution in [0.4, 0.5) is 5.82 Å². The number of methoxy groups -OCH3 is 1. The van der Waals surface area contributed by atoms with Gasteiger partial charge in [0.1, 0.15) is 23.9 Å². The largest absolute Gasteiger partial charge is 0.491 e. The molecule has 0 atom stereocenters. The number of carbonyl (C=O) groups excluding carboxylic acids is 1. The fourth-order valence-electron chi connectivity index (χ4n) is 3.39. The van der Waals surface area contributed by atoms with Crippen LogP contribution in [0, 0.1) is 0 Å². The lowest BCUT2D eigenvalue weighted by Gasteiger charge is -2.20. The molecule has 4 N–H and O–H groups in total. The van der Waals surface area contributed by atoms with E-state index in [0.717, 1.165) is 10.9 Å². The monoisotopic (exact) mass is 506 g/mol. The number of ether oxygens (including phenoxy) is 3. The molecule has 0 aliphatic rings. The summed E-state index contributed by atoms with van der Waals surface area (Å²) in [6.45, 7) is 6.54. The number of anilines is 1. The lowest BCUT2D eigenvalue weighted by Crippen LogP contribution is -2.43. The average Bonchev–Trinajstić information content (AvgIpc) is 2.86. The van der Waals surface area contributed by atoms with E-state index in [4.69, 9.17) is 29.9 Å². The van der Waals surface area contributed by atoms with Gasteiger partial charge in [0, 0.05) is 43.1 Å². The van der Waals surface area contributed by atoms with Crippen LogP contribution in [0.1, 0.15) is 20.8 Å². The molecule has 0 saturated heterocycles. The third kappa shape index (κ3) is 8.18. The van der Waals surface area contributed by atoms with Gasteiger partial charge in [-0.25, -0.2) is 9.97 Å². The van der Waals surface area contributed by atoms with Crippen LogP contribution in [0.15, 0.2) is 59.4 Å². The van der Waals surface area contributed by atoms with Crippen LogP contribution in [0.3, 0.4) is 0 Å². The van der Waals surface area contributed by atoms with E-state index in [2.05, 4.69) is 15.6 Å². The number of allylic oxidation sites excluding steroid dienone is 1. The molecule has 0 radical (unpaired) electrons. The number of hydrogen-bond acceptors (Lipinski definition) is 9. The molecule has 0 aliphatic heterocycles. The maximum Gasteiger partial charge on any atom is 0.258 e. The summed E-state index contributed by atoms with van der Waals surface area (Å²) in [5.41, 5.74) is 7.44. The number of nitrogens with one attached hydrogen (secondary N) is 2. The maximum absolute atomic E-state index is 12.2. The minimum atomic E-state index is -0.335. The Morgan fingerprint density at radius 1 is 1.08 bits per heavy atom. The number of nitrogens with zero attached hydrogens (tertiary/aromatic N) is 3. The smallest absolute Gasteiger partial charge is 0.258 e. The molecule has 3 rings (SSSR count). The molecule has 3 aromatic rings. The fraction of sp³-hybridized carbons (Fsp3) is 0.333. The van der Waals surface area contributed by atoms with E-state index in [9.17, 15) is 4.79 Å². The average molecular weight is 507 g/mol. The zero-order chi connectivity index (χ0) is 26.8. The van der Waals surface area contributed by atoms with Crippen molar-refractivity contribution in [2.75, 3.05) is 39.3 Å². The summed E-state index contributed by atoms with van der Waals surface area (Å²) in [6, 6.07) is 12.9. The van der Waals surface area contributed by atoms with E-state index in [-0.39, 0.29) is 18.1 Å². The summed E-state index contributed by atoms with van der Waals surface area (Å²) in [5, 5.41) is 6.85. The molecule has 0 bridgehead atoms. The Kier molecular flexibility index (Phi) is 9.39. The maximum atomic E-state index is 12.2. The van der Waals surface area contributed by atoms with E-state index in [1.54, 1.807) is 32.5 Å². The Hall–Kier alpha value is -4.18. The van der Waals surface area contributed by atoms with E-state index >= 15 is 0 Å². The molecule has 0 fully saturated rings. The van der Waals surface area contributed by atoms with Gasteiger partial charge >= 0.3 is 0 Å². The number of amides is 1. The van der Waals surface area contributed by atoms with Crippen molar-refractivity contribution in [3.63, 3.8) is 0 Å². The number of hydrogen-bond donors (Lipinski definition) is 3. The van der Waals surface area contributed by atoms with Gasteiger partial charge in [-0.2, -0.15) is 0 Å². The highest BCUT2D eigenvalue weighted by atomic mass is 16.5. The molecule has 196 valence electrons. The van der Waals surface area contributed by atoms with E-state index in [1.165, 1.54) is 6.20 Å². The van der Waals surface area contributed by atoms with Crippen molar-refractivity contribution in [1.82, 2.24) is 15.3 Å². The summed E-state index contributed by atoms with van der Waals surface area (Å²) in [7, 11) is 3.28. The van der Waals surface area contributed by atoms with Crippen LogP contribution >= 0.6 is 0 Å². The summed E-state index contributed by atoms with van der Waals surface area (Å²) in [5.74, 6) is 1.99. The van der Waals surface area contributed by atoms with Gasteiger partial charge in [-0.05, 0) is 51.1 Å². The number of rotatable bonds is 11.